The monoisotopic (exact) mass is 249 g/mol. The maximum absolute atomic E-state index is 13.9. The van der Waals surface area contributed by atoms with Crippen LogP contribution in [0.2, 0.25) is 0 Å². The Morgan fingerprint density at radius 3 is 2.41 bits per heavy atom. The van der Waals surface area contributed by atoms with Crippen LogP contribution in [0.1, 0.15) is 5.56 Å². The van der Waals surface area contributed by atoms with Crippen molar-refractivity contribution in [2.24, 2.45) is 0 Å². The van der Waals surface area contributed by atoms with Crippen molar-refractivity contribution < 1.29 is 4.39 Å². The highest BCUT2D eigenvalue weighted by Gasteiger charge is 2.09. The summed E-state index contributed by atoms with van der Waals surface area (Å²) in [7, 11) is 1.84. The van der Waals surface area contributed by atoms with Gasteiger partial charge in [0, 0.05) is 18.6 Å². The second-order valence-electron chi connectivity index (χ2n) is 3.81. The van der Waals surface area contributed by atoms with Crippen LogP contribution in [-0.4, -0.2) is 7.05 Å². The largest absolute Gasteiger partial charge is 0.342 e. The summed E-state index contributed by atoms with van der Waals surface area (Å²) in [5.74, 6) is 0.0706. The normalized spacial score (nSPS) is 10.3. The molecule has 0 saturated heterocycles. The van der Waals surface area contributed by atoms with Crippen LogP contribution in [0.4, 0.5) is 15.8 Å². The van der Waals surface area contributed by atoms with E-state index in [2.05, 4.69) is 0 Å². The Bertz CT molecular complexity index is 499. The molecule has 17 heavy (non-hydrogen) atoms. The number of halogens is 2. The van der Waals surface area contributed by atoms with E-state index in [-0.39, 0.29) is 5.82 Å². The Morgan fingerprint density at radius 2 is 1.82 bits per heavy atom. The van der Waals surface area contributed by atoms with E-state index >= 15 is 0 Å². The standard InChI is InChI=1S/C14H13ClFN/c1-17(12-5-3-2-4-6-12)14-8-7-11(10-15)9-13(14)16/h2-9H,10H2,1H3. The molecule has 0 N–H and O–H groups in total. The number of para-hydroxylation sites is 1. The van der Waals surface area contributed by atoms with E-state index in [1.165, 1.54) is 6.07 Å². The molecule has 0 aliphatic heterocycles. The predicted octanol–water partition coefficient (Wildman–Crippen LogP) is 4.33. The minimum atomic E-state index is -0.255. The number of benzene rings is 2. The van der Waals surface area contributed by atoms with Gasteiger partial charge in [0.1, 0.15) is 5.82 Å². The van der Waals surface area contributed by atoms with Crippen molar-refractivity contribution in [2.75, 3.05) is 11.9 Å². The van der Waals surface area contributed by atoms with Gasteiger partial charge in [-0.05, 0) is 29.8 Å². The fraction of sp³-hybridized carbons (Fsp3) is 0.143. The van der Waals surface area contributed by atoms with Gasteiger partial charge in [0.2, 0.25) is 0 Å². The van der Waals surface area contributed by atoms with Gasteiger partial charge in [-0.15, -0.1) is 11.6 Å². The minimum absolute atomic E-state index is 0.255. The smallest absolute Gasteiger partial charge is 0.147 e. The molecule has 2 rings (SSSR count). The van der Waals surface area contributed by atoms with Gasteiger partial charge in [-0.25, -0.2) is 4.39 Å². The van der Waals surface area contributed by atoms with E-state index in [9.17, 15) is 4.39 Å². The molecular formula is C14H13ClFN. The highest BCUT2D eigenvalue weighted by molar-refractivity contribution is 6.17. The average molecular weight is 250 g/mol. The van der Waals surface area contributed by atoms with Crippen LogP contribution in [0.5, 0.6) is 0 Å². The summed E-state index contributed by atoms with van der Waals surface area (Å²) in [6.45, 7) is 0. The molecule has 2 aromatic rings. The van der Waals surface area contributed by atoms with Gasteiger partial charge in [-0.1, -0.05) is 24.3 Å². The molecule has 0 spiro atoms. The number of anilines is 2. The van der Waals surface area contributed by atoms with Crippen molar-refractivity contribution in [3.63, 3.8) is 0 Å². The minimum Gasteiger partial charge on any atom is -0.342 e. The number of rotatable bonds is 3. The van der Waals surface area contributed by atoms with Crippen molar-refractivity contribution >= 4 is 23.0 Å². The zero-order valence-corrected chi connectivity index (χ0v) is 10.3. The maximum atomic E-state index is 13.9. The third-order valence-corrected chi connectivity index (χ3v) is 2.98. The lowest BCUT2D eigenvalue weighted by Crippen LogP contribution is -2.11. The number of hydrogen-bond donors (Lipinski definition) is 0. The van der Waals surface area contributed by atoms with Crippen LogP contribution in [0.15, 0.2) is 48.5 Å². The third-order valence-electron chi connectivity index (χ3n) is 2.67. The van der Waals surface area contributed by atoms with Crippen LogP contribution in [0.25, 0.3) is 0 Å². The molecule has 2 aromatic carbocycles. The second kappa shape index (κ2) is 5.19. The Balaban J connectivity index is 2.34. The predicted molar refractivity (Wildman–Crippen MR) is 70.5 cm³/mol. The molecule has 0 saturated carbocycles. The second-order valence-corrected chi connectivity index (χ2v) is 4.08. The molecule has 0 aromatic heterocycles. The molecule has 88 valence electrons. The Labute approximate surface area is 105 Å². The van der Waals surface area contributed by atoms with Gasteiger partial charge in [0.05, 0.1) is 5.69 Å². The van der Waals surface area contributed by atoms with E-state index in [1.54, 1.807) is 6.07 Å². The Kier molecular flexibility index (Phi) is 3.64. The highest BCUT2D eigenvalue weighted by atomic mass is 35.5. The average Bonchev–Trinajstić information content (AvgIpc) is 2.39. The summed E-state index contributed by atoms with van der Waals surface area (Å²) in [4.78, 5) is 1.81. The first-order valence-corrected chi connectivity index (χ1v) is 5.89. The summed E-state index contributed by atoms with van der Waals surface area (Å²) in [5.41, 5.74) is 2.28. The molecular weight excluding hydrogens is 237 g/mol. The lowest BCUT2D eigenvalue weighted by atomic mass is 10.2. The summed E-state index contributed by atoms with van der Waals surface area (Å²) < 4.78 is 13.9. The van der Waals surface area contributed by atoms with Gasteiger partial charge in [0.25, 0.3) is 0 Å². The number of nitrogens with zero attached hydrogens (tertiary/aromatic N) is 1. The molecule has 0 aliphatic rings. The highest BCUT2D eigenvalue weighted by Crippen LogP contribution is 2.26. The molecule has 0 heterocycles. The van der Waals surface area contributed by atoms with Crippen LogP contribution in [0, 0.1) is 5.82 Å². The summed E-state index contributed by atoms with van der Waals surface area (Å²) in [6.07, 6.45) is 0. The lowest BCUT2D eigenvalue weighted by molar-refractivity contribution is 0.626. The lowest BCUT2D eigenvalue weighted by Gasteiger charge is -2.20. The molecule has 0 radical (unpaired) electrons. The van der Waals surface area contributed by atoms with E-state index in [1.807, 2.05) is 48.3 Å². The zero-order valence-electron chi connectivity index (χ0n) is 9.53. The SMILES string of the molecule is CN(c1ccccc1)c1ccc(CCl)cc1F. The van der Waals surface area contributed by atoms with Crippen molar-refractivity contribution in [3.05, 3.63) is 59.9 Å². The summed E-state index contributed by atoms with van der Waals surface area (Å²) in [6, 6.07) is 14.7. The molecule has 3 heteroatoms. The molecule has 0 amide bonds. The van der Waals surface area contributed by atoms with Crippen LogP contribution < -0.4 is 4.90 Å². The van der Waals surface area contributed by atoms with Gasteiger partial charge < -0.3 is 4.90 Å². The molecule has 0 aliphatic carbocycles. The van der Waals surface area contributed by atoms with Crippen molar-refractivity contribution in [1.29, 1.82) is 0 Å². The van der Waals surface area contributed by atoms with Gasteiger partial charge >= 0.3 is 0 Å². The molecule has 1 nitrogen and oxygen atoms in total. The van der Waals surface area contributed by atoms with Crippen LogP contribution in [-0.2, 0) is 5.88 Å². The number of hydrogen-bond acceptors (Lipinski definition) is 1. The van der Waals surface area contributed by atoms with Crippen molar-refractivity contribution in [3.8, 4) is 0 Å². The van der Waals surface area contributed by atoms with E-state index in [0.717, 1.165) is 11.3 Å². The first-order chi connectivity index (χ1) is 8.22. The fourth-order valence-electron chi connectivity index (χ4n) is 1.70. The molecule has 0 bridgehead atoms. The molecule has 0 unspecified atom stereocenters. The molecule has 0 atom stereocenters. The zero-order chi connectivity index (χ0) is 12.3. The van der Waals surface area contributed by atoms with Gasteiger partial charge in [0.15, 0.2) is 0 Å². The first kappa shape index (κ1) is 11.9. The van der Waals surface area contributed by atoms with Gasteiger partial charge in [-0.3, -0.25) is 0 Å². The van der Waals surface area contributed by atoms with Crippen molar-refractivity contribution in [1.82, 2.24) is 0 Å². The third kappa shape index (κ3) is 2.59. The maximum Gasteiger partial charge on any atom is 0.147 e. The van der Waals surface area contributed by atoms with E-state index in [0.29, 0.717) is 11.6 Å². The summed E-state index contributed by atoms with van der Waals surface area (Å²) >= 11 is 5.67. The van der Waals surface area contributed by atoms with E-state index < -0.39 is 0 Å². The van der Waals surface area contributed by atoms with Crippen LogP contribution in [0.3, 0.4) is 0 Å². The topological polar surface area (TPSA) is 3.24 Å². The first-order valence-electron chi connectivity index (χ1n) is 5.35. The Morgan fingerprint density at radius 1 is 1.12 bits per heavy atom. The quantitative estimate of drug-likeness (QED) is 0.732. The number of alkyl halides is 1. The van der Waals surface area contributed by atoms with E-state index in [4.69, 9.17) is 11.6 Å². The fourth-order valence-corrected chi connectivity index (χ4v) is 1.86. The van der Waals surface area contributed by atoms with Crippen molar-refractivity contribution in [2.45, 2.75) is 5.88 Å². The summed E-state index contributed by atoms with van der Waals surface area (Å²) in [5, 5.41) is 0. The van der Waals surface area contributed by atoms with Crippen LogP contribution >= 0.6 is 11.6 Å². The molecule has 0 fully saturated rings. The Hall–Kier alpha value is -1.54. The van der Waals surface area contributed by atoms with Gasteiger partial charge in [-0.2, -0.15) is 0 Å².